The predicted molar refractivity (Wildman–Crippen MR) is 52.1 cm³/mol. The summed E-state index contributed by atoms with van der Waals surface area (Å²) < 4.78 is 0. The standard InChI is InChI=1S/C8H16N2OS/c1-6(2)7(3-11)10-8-4-12-5-9-8/h3,6-10H,4-5H2,1-2H3/t7-,8?/m1/s1. The second-order valence-electron chi connectivity index (χ2n) is 3.34. The highest BCUT2D eigenvalue weighted by atomic mass is 32.2. The minimum atomic E-state index is -0.0128. The number of nitrogens with one attached hydrogen (secondary N) is 2. The molecule has 0 aromatic carbocycles. The minimum Gasteiger partial charge on any atom is -0.302 e. The van der Waals surface area contributed by atoms with Gasteiger partial charge in [0.1, 0.15) is 6.29 Å². The molecule has 0 amide bonds. The molecule has 2 N–H and O–H groups in total. The quantitative estimate of drug-likeness (QED) is 0.627. The Morgan fingerprint density at radius 2 is 2.42 bits per heavy atom. The van der Waals surface area contributed by atoms with Crippen LogP contribution >= 0.6 is 11.8 Å². The molecule has 4 heteroatoms. The maximum absolute atomic E-state index is 10.6. The Balaban J connectivity index is 2.30. The molecular weight excluding hydrogens is 172 g/mol. The van der Waals surface area contributed by atoms with E-state index in [9.17, 15) is 4.79 Å². The third kappa shape index (κ3) is 2.77. The van der Waals surface area contributed by atoms with Gasteiger partial charge in [0.15, 0.2) is 0 Å². The van der Waals surface area contributed by atoms with Gasteiger partial charge in [-0.05, 0) is 5.92 Å². The van der Waals surface area contributed by atoms with Gasteiger partial charge in [-0.2, -0.15) is 0 Å². The van der Waals surface area contributed by atoms with Crippen LogP contribution in [0, 0.1) is 5.92 Å². The van der Waals surface area contributed by atoms with E-state index in [0.717, 1.165) is 17.9 Å². The van der Waals surface area contributed by atoms with E-state index in [1.165, 1.54) is 0 Å². The molecule has 1 rings (SSSR count). The monoisotopic (exact) mass is 188 g/mol. The molecule has 1 aliphatic heterocycles. The predicted octanol–water partition coefficient (Wildman–Crippen LogP) is 0.420. The van der Waals surface area contributed by atoms with Gasteiger partial charge in [0, 0.05) is 11.6 Å². The largest absolute Gasteiger partial charge is 0.302 e. The molecule has 3 nitrogen and oxygen atoms in total. The fourth-order valence-electron chi connectivity index (χ4n) is 1.12. The van der Waals surface area contributed by atoms with Crippen LogP contribution in [-0.2, 0) is 4.79 Å². The summed E-state index contributed by atoms with van der Waals surface area (Å²) in [6.45, 7) is 4.10. The summed E-state index contributed by atoms with van der Waals surface area (Å²) in [6, 6.07) is -0.0128. The Morgan fingerprint density at radius 1 is 1.67 bits per heavy atom. The highest BCUT2D eigenvalue weighted by Gasteiger charge is 2.19. The molecule has 0 spiro atoms. The van der Waals surface area contributed by atoms with Crippen molar-refractivity contribution in [1.29, 1.82) is 0 Å². The lowest BCUT2D eigenvalue weighted by atomic mass is 10.1. The van der Waals surface area contributed by atoms with Crippen LogP contribution in [0.2, 0.25) is 0 Å². The second-order valence-corrected chi connectivity index (χ2v) is 4.37. The molecule has 1 aliphatic rings. The van der Waals surface area contributed by atoms with E-state index in [2.05, 4.69) is 10.6 Å². The van der Waals surface area contributed by atoms with Crippen LogP contribution in [0.5, 0.6) is 0 Å². The van der Waals surface area contributed by atoms with Crippen molar-refractivity contribution >= 4 is 18.0 Å². The number of carbonyl (C=O) groups excluding carboxylic acids is 1. The van der Waals surface area contributed by atoms with Crippen LogP contribution in [-0.4, -0.2) is 30.1 Å². The lowest BCUT2D eigenvalue weighted by Gasteiger charge is -2.20. The zero-order valence-corrected chi connectivity index (χ0v) is 8.36. The molecule has 2 atom stereocenters. The van der Waals surface area contributed by atoms with Crippen LogP contribution < -0.4 is 10.6 Å². The first-order valence-corrected chi connectivity index (χ1v) is 5.42. The number of hydrogen-bond donors (Lipinski definition) is 2. The smallest absolute Gasteiger partial charge is 0.137 e. The summed E-state index contributed by atoms with van der Waals surface area (Å²) >= 11 is 1.86. The van der Waals surface area contributed by atoms with Crippen LogP contribution in [0.15, 0.2) is 0 Å². The van der Waals surface area contributed by atoms with Crippen LogP contribution in [0.4, 0.5) is 0 Å². The maximum atomic E-state index is 10.6. The highest BCUT2D eigenvalue weighted by molar-refractivity contribution is 7.99. The zero-order chi connectivity index (χ0) is 8.97. The third-order valence-corrected chi connectivity index (χ3v) is 2.91. The van der Waals surface area contributed by atoms with Crippen molar-refractivity contribution < 1.29 is 4.79 Å². The molecule has 0 aromatic rings. The molecule has 1 fully saturated rings. The average molecular weight is 188 g/mol. The first kappa shape index (κ1) is 10.0. The molecule has 1 heterocycles. The fraction of sp³-hybridized carbons (Fsp3) is 0.875. The van der Waals surface area contributed by atoms with E-state index in [-0.39, 0.29) is 6.04 Å². The summed E-state index contributed by atoms with van der Waals surface area (Å²) in [7, 11) is 0. The van der Waals surface area contributed by atoms with Gasteiger partial charge < -0.3 is 4.79 Å². The zero-order valence-electron chi connectivity index (χ0n) is 7.54. The van der Waals surface area contributed by atoms with Gasteiger partial charge in [-0.15, -0.1) is 11.8 Å². The summed E-state index contributed by atoms with van der Waals surface area (Å²) in [5, 5.41) is 6.53. The summed E-state index contributed by atoms with van der Waals surface area (Å²) in [4.78, 5) is 10.6. The Hall–Kier alpha value is -0.0600. The van der Waals surface area contributed by atoms with E-state index in [4.69, 9.17) is 0 Å². The van der Waals surface area contributed by atoms with E-state index in [1.807, 2.05) is 25.6 Å². The van der Waals surface area contributed by atoms with Crippen molar-refractivity contribution in [2.24, 2.45) is 5.92 Å². The van der Waals surface area contributed by atoms with Crippen LogP contribution in [0.3, 0.4) is 0 Å². The number of rotatable bonds is 4. The Kier molecular flexibility index (Phi) is 4.05. The minimum absolute atomic E-state index is 0.0128. The molecule has 12 heavy (non-hydrogen) atoms. The summed E-state index contributed by atoms with van der Waals surface area (Å²) in [6.07, 6.45) is 1.31. The maximum Gasteiger partial charge on any atom is 0.137 e. The molecule has 0 saturated carbocycles. The molecule has 1 saturated heterocycles. The van der Waals surface area contributed by atoms with Gasteiger partial charge in [0.2, 0.25) is 0 Å². The van der Waals surface area contributed by atoms with Gasteiger partial charge in [-0.25, -0.2) is 0 Å². The van der Waals surface area contributed by atoms with Gasteiger partial charge >= 0.3 is 0 Å². The first-order chi connectivity index (χ1) is 5.74. The van der Waals surface area contributed by atoms with Crippen molar-refractivity contribution in [2.75, 3.05) is 11.6 Å². The second kappa shape index (κ2) is 4.84. The lowest BCUT2D eigenvalue weighted by Crippen LogP contribution is -2.48. The first-order valence-electron chi connectivity index (χ1n) is 4.26. The van der Waals surface area contributed by atoms with Crippen molar-refractivity contribution in [2.45, 2.75) is 26.1 Å². The average Bonchev–Trinajstić information content (AvgIpc) is 2.51. The number of aldehydes is 1. The van der Waals surface area contributed by atoms with Crippen LogP contribution in [0.1, 0.15) is 13.8 Å². The molecule has 0 aromatic heterocycles. The number of hydrogen-bond acceptors (Lipinski definition) is 4. The van der Waals surface area contributed by atoms with Crippen molar-refractivity contribution in [3.63, 3.8) is 0 Å². The normalized spacial score (nSPS) is 26.1. The molecule has 70 valence electrons. The van der Waals surface area contributed by atoms with Crippen molar-refractivity contribution in [1.82, 2.24) is 10.6 Å². The van der Waals surface area contributed by atoms with E-state index < -0.39 is 0 Å². The number of thioether (sulfide) groups is 1. The molecule has 1 unspecified atom stereocenters. The fourth-order valence-corrected chi connectivity index (χ4v) is 2.01. The Bertz CT molecular complexity index is 146. The number of carbonyl (C=O) groups is 1. The van der Waals surface area contributed by atoms with Gasteiger partial charge in [-0.1, -0.05) is 13.8 Å². The molecule has 0 radical (unpaired) electrons. The molecule has 0 aliphatic carbocycles. The van der Waals surface area contributed by atoms with Gasteiger partial charge in [-0.3, -0.25) is 10.6 Å². The highest BCUT2D eigenvalue weighted by Crippen LogP contribution is 2.09. The topological polar surface area (TPSA) is 41.1 Å². The SMILES string of the molecule is CC(C)[C@@H](C=O)NC1CSCN1. The summed E-state index contributed by atoms with van der Waals surface area (Å²) in [5.41, 5.74) is 0. The third-order valence-electron chi connectivity index (χ3n) is 1.97. The lowest BCUT2D eigenvalue weighted by molar-refractivity contribution is -0.110. The van der Waals surface area contributed by atoms with Gasteiger partial charge in [0.05, 0.1) is 12.2 Å². The van der Waals surface area contributed by atoms with Crippen molar-refractivity contribution in [3.05, 3.63) is 0 Å². The molecular formula is C8H16N2OS. The van der Waals surface area contributed by atoms with Gasteiger partial charge in [0.25, 0.3) is 0 Å². The van der Waals surface area contributed by atoms with Crippen LogP contribution in [0.25, 0.3) is 0 Å². The molecule has 0 bridgehead atoms. The Labute approximate surface area is 77.7 Å². The van der Waals surface area contributed by atoms with E-state index in [1.54, 1.807) is 0 Å². The van der Waals surface area contributed by atoms with Crippen molar-refractivity contribution in [3.8, 4) is 0 Å². The Morgan fingerprint density at radius 3 is 2.83 bits per heavy atom. The van der Waals surface area contributed by atoms with E-state index in [0.29, 0.717) is 12.1 Å². The summed E-state index contributed by atoms with van der Waals surface area (Å²) in [5.74, 6) is 2.41. The van der Waals surface area contributed by atoms with E-state index >= 15 is 0 Å².